The van der Waals surface area contributed by atoms with Gasteiger partial charge in [-0.05, 0) is 55.7 Å². The lowest BCUT2D eigenvalue weighted by molar-refractivity contribution is 0.317. The normalized spacial score (nSPS) is 28.8. The van der Waals surface area contributed by atoms with E-state index >= 15 is 0 Å². The highest BCUT2D eigenvalue weighted by Crippen LogP contribution is 2.47. The molecule has 0 radical (unpaired) electrons. The van der Waals surface area contributed by atoms with Crippen molar-refractivity contribution in [2.75, 3.05) is 13.7 Å². The number of benzene rings is 1. The second-order valence-corrected chi connectivity index (χ2v) is 6.39. The molecule has 2 aliphatic rings. The van der Waals surface area contributed by atoms with E-state index in [2.05, 4.69) is 5.32 Å². The van der Waals surface area contributed by atoms with Crippen molar-refractivity contribution in [3.05, 3.63) is 28.8 Å². The van der Waals surface area contributed by atoms with Gasteiger partial charge in [-0.3, -0.25) is 0 Å². The SMILES string of the molecule is COc1cccc(Cl)c1CNCC1CC2CCC1C2. The molecule has 2 fully saturated rings. The Labute approximate surface area is 120 Å². The van der Waals surface area contributed by atoms with Gasteiger partial charge in [0.15, 0.2) is 0 Å². The molecule has 19 heavy (non-hydrogen) atoms. The predicted octanol–water partition coefficient (Wildman–Crippen LogP) is 3.87. The molecule has 0 aliphatic heterocycles. The Hall–Kier alpha value is -0.730. The fourth-order valence-electron chi connectivity index (χ4n) is 3.91. The number of halogens is 1. The number of hydrogen-bond acceptors (Lipinski definition) is 2. The van der Waals surface area contributed by atoms with Gasteiger partial charge in [0, 0.05) is 17.1 Å². The molecule has 3 rings (SSSR count). The number of fused-ring (bicyclic) bond motifs is 2. The fourth-order valence-corrected chi connectivity index (χ4v) is 4.14. The summed E-state index contributed by atoms with van der Waals surface area (Å²) >= 11 is 6.25. The van der Waals surface area contributed by atoms with E-state index in [1.807, 2.05) is 18.2 Å². The smallest absolute Gasteiger partial charge is 0.124 e. The van der Waals surface area contributed by atoms with Crippen molar-refractivity contribution < 1.29 is 4.74 Å². The van der Waals surface area contributed by atoms with Crippen molar-refractivity contribution in [2.45, 2.75) is 32.2 Å². The monoisotopic (exact) mass is 279 g/mol. The van der Waals surface area contributed by atoms with Crippen LogP contribution in [0.5, 0.6) is 5.75 Å². The molecule has 0 saturated heterocycles. The first-order chi connectivity index (χ1) is 9.28. The molecule has 0 spiro atoms. The average Bonchev–Trinajstić information content (AvgIpc) is 3.03. The molecule has 1 aromatic rings. The average molecular weight is 280 g/mol. The van der Waals surface area contributed by atoms with E-state index < -0.39 is 0 Å². The van der Waals surface area contributed by atoms with Crippen LogP contribution in [0, 0.1) is 17.8 Å². The molecule has 2 saturated carbocycles. The maximum absolute atomic E-state index is 6.25. The van der Waals surface area contributed by atoms with Crippen molar-refractivity contribution in [3.8, 4) is 5.75 Å². The van der Waals surface area contributed by atoms with Gasteiger partial charge in [0.2, 0.25) is 0 Å². The molecule has 0 amide bonds. The summed E-state index contributed by atoms with van der Waals surface area (Å²) in [5, 5.41) is 4.37. The molecule has 1 aromatic carbocycles. The lowest BCUT2D eigenvalue weighted by Crippen LogP contribution is -2.26. The predicted molar refractivity (Wildman–Crippen MR) is 78.6 cm³/mol. The van der Waals surface area contributed by atoms with Gasteiger partial charge in [0.1, 0.15) is 5.75 Å². The van der Waals surface area contributed by atoms with Crippen molar-refractivity contribution in [2.24, 2.45) is 17.8 Å². The highest BCUT2D eigenvalue weighted by atomic mass is 35.5. The first-order valence-corrected chi connectivity index (χ1v) is 7.68. The van der Waals surface area contributed by atoms with Crippen LogP contribution < -0.4 is 10.1 Å². The summed E-state index contributed by atoms with van der Waals surface area (Å²) in [5.41, 5.74) is 1.08. The zero-order chi connectivity index (χ0) is 13.2. The van der Waals surface area contributed by atoms with Crippen LogP contribution >= 0.6 is 11.6 Å². The molecule has 3 atom stereocenters. The van der Waals surface area contributed by atoms with Crippen LogP contribution in [-0.4, -0.2) is 13.7 Å². The topological polar surface area (TPSA) is 21.3 Å². The largest absolute Gasteiger partial charge is 0.496 e. The minimum Gasteiger partial charge on any atom is -0.496 e. The zero-order valence-electron chi connectivity index (χ0n) is 11.5. The Bertz CT molecular complexity index is 448. The summed E-state index contributed by atoms with van der Waals surface area (Å²) in [5.74, 6) is 3.76. The van der Waals surface area contributed by atoms with E-state index in [9.17, 15) is 0 Å². The lowest BCUT2D eigenvalue weighted by Gasteiger charge is -2.22. The molecule has 0 heterocycles. The first kappa shape index (κ1) is 13.3. The first-order valence-electron chi connectivity index (χ1n) is 7.30. The molecule has 2 nitrogen and oxygen atoms in total. The van der Waals surface area contributed by atoms with Gasteiger partial charge in [-0.25, -0.2) is 0 Å². The summed E-state index contributed by atoms with van der Waals surface area (Å²) in [4.78, 5) is 0. The van der Waals surface area contributed by atoms with E-state index in [0.29, 0.717) is 0 Å². The number of methoxy groups -OCH3 is 1. The molecule has 0 aromatic heterocycles. The number of nitrogens with one attached hydrogen (secondary N) is 1. The quantitative estimate of drug-likeness (QED) is 0.883. The molecular weight excluding hydrogens is 258 g/mol. The summed E-state index contributed by atoms with van der Waals surface area (Å²) < 4.78 is 5.37. The van der Waals surface area contributed by atoms with Gasteiger partial charge in [0.05, 0.1) is 7.11 Å². The highest BCUT2D eigenvalue weighted by Gasteiger charge is 2.38. The molecule has 1 N–H and O–H groups in total. The van der Waals surface area contributed by atoms with Crippen LogP contribution in [0.1, 0.15) is 31.2 Å². The molecular formula is C16H22ClNO. The third-order valence-electron chi connectivity index (χ3n) is 4.89. The van der Waals surface area contributed by atoms with E-state index in [-0.39, 0.29) is 0 Å². The maximum Gasteiger partial charge on any atom is 0.124 e. The lowest BCUT2D eigenvalue weighted by atomic mass is 9.89. The van der Waals surface area contributed by atoms with Gasteiger partial charge >= 0.3 is 0 Å². The Morgan fingerprint density at radius 1 is 1.32 bits per heavy atom. The highest BCUT2D eigenvalue weighted by molar-refractivity contribution is 6.31. The summed E-state index contributed by atoms with van der Waals surface area (Å²) in [6, 6.07) is 5.83. The molecule has 2 bridgehead atoms. The number of hydrogen-bond donors (Lipinski definition) is 1. The van der Waals surface area contributed by atoms with Crippen molar-refractivity contribution in [1.82, 2.24) is 5.32 Å². The van der Waals surface area contributed by atoms with Gasteiger partial charge < -0.3 is 10.1 Å². The van der Waals surface area contributed by atoms with E-state index in [0.717, 1.165) is 47.2 Å². The second-order valence-electron chi connectivity index (χ2n) is 5.99. The van der Waals surface area contributed by atoms with Crippen LogP contribution in [0.2, 0.25) is 5.02 Å². The minimum atomic E-state index is 0.791. The van der Waals surface area contributed by atoms with Gasteiger partial charge in [-0.1, -0.05) is 24.1 Å². The van der Waals surface area contributed by atoms with Crippen molar-refractivity contribution in [3.63, 3.8) is 0 Å². The Balaban J connectivity index is 1.55. The van der Waals surface area contributed by atoms with Crippen LogP contribution in [0.4, 0.5) is 0 Å². The van der Waals surface area contributed by atoms with Crippen molar-refractivity contribution >= 4 is 11.6 Å². The third kappa shape index (κ3) is 2.75. The molecule has 3 unspecified atom stereocenters. The van der Waals surface area contributed by atoms with Crippen LogP contribution in [0.25, 0.3) is 0 Å². The van der Waals surface area contributed by atoms with Crippen LogP contribution in [0.15, 0.2) is 18.2 Å². The van der Waals surface area contributed by atoms with Gasteiger partial charge in [-0.15, -0.1) is 0 Å². The van der Waals surface area contributed by atoms with E-state index in [1.54, 1.807) is 7.11 Å². The zero-order valence-corrected chi connectivity index (χ0v) is 12.2. The summed E-state index contributed by atoms with van der Waals surface area (Å²) in [6.45, 7) is 1.92. The summed E-state index contributed by atoms with van der Waals surface area (Å²) in [6.07, 6.45) is 5.82. The standard InChI is InChI=1S/C16H22ClNO/c1-19-16-4-2-3-15(17)14(16)10-18-9-13-8-11-5-6-12(13)7-11/h2-4,11-13,18H,5-10H2,1H3. The number of ether oxygens (including phenoxy) is 1. The van der Waals surface area contributed by atoms with Gasteiger partial charge in [0.25, 0.3) is 0 Å². The third-order valence-corrected chi connectivity index (χ3v) is 5.24. The minimum absolute atomic E-state index is 0.791. The Kier molecular flexibility index (Phi) is 3.99. The van der Waals surface area contributed by atoms with E-state index in [4.69, 9.17) is 16.3 Å². The molecule has 2 aliphatic carbocycles. The van der Waals surface area contributed by atoms with Crippen LogP contribution in [-0.2, 0) is 6.54 Å². The van der Waals surface area contributed by atoms with Crippen molar-refractivity contribution in [1.29, 1.82) is 0 Å². The fraction of sp³-hybridized carbons (Fsp3) is 0.625. The van der Waals surface area contributed by atoms with E-state index in [1.165, 1.54) is 25.7 Å². The van der Waals surface area contributed by atoms with Crippen LogP contribution in [0.3, 0.4) is 0 Å². The Morgan fingerprint density at radius 3 is 2.89 bits per heavy atom. The van der Waals surface area contributed by atoms with Gasteiger partial charge in [-0.2, -0.15) is 0 Å². The second kappa shape index (κ2) is 5.72. The number of rotatable bonds is 5. The molecule has 104 valence electrons. The maximum atomic E-state index is 6.25. The summed E-state index contributed by atoms with van der Waals surface area (Å²) in [7, 11) is 1.70. The molecule has 3 heteroatoms. The Morgan fingerprint density at radius 2 is 2.21 bits per heavy atom.